The monoisotopic (exact) mass is 346 g/mol. The molecule has 9 heteroatoms. The van der Waals surface area contributed by atoms with Crippen molar-refractivity contribution in [2.45, 2.75) is 11.1 Å². The molecule has 0 bridgehead atoms. The minimum absolute atomic E-state index is 0.00815. The Labute approximate surface area is 131 Å². The Bertz CT molecular complexity index is 833. The first-order valence-corrected chi connectivity index (χ1v) is 7.76. The molecule has 0 aliphatic heterocycles. The van der Waals surface area contributed by atoms with Crippen molar-refractivity contribution >= 4 is 10.0 Å². The molecule has 0 saturated heterocycles. The molecule has 0 aliphatic carbocycles. The number of rotatable bonds is 3. The second-order valence-electron chi connectivity index (χ2n) is 4.89. The van der Waals surface area contributed by atoms with Crippen molar-refractivity contribution in [3.63, 3.8) is 0 Å². The summed E-state index contributed by atoms with van der Waals surface area (Å²) < 4.78 is 62.9. The van der Waals surface area contributed by atoms with Crippen LogP contribution in [0.4, 0.5) is 13.2 Å². The zero-order valence-corrected chi connectivity index (χ0v) is 13.0. The average molecular weight is 346 g/mol. The number of nitrogens with zero attached hydrogens (tertiary/aromatic N) is 2. The highest BCUT2D eigenvalue weighted by atomic mass is 32.2. The Balaban J connectivity index is 2.53. The van der Waals surface area contributed by atoms with Gasteiger partial charge in [0.25, 0.3) is 0 Å². The van der Waals surface area contributed by atoms with Gasteiger partial charge in [-0.15, -0.1) is 0 Å². The smallest absolute Gasteiger partial charge is 0.416 e. The molecule has 0 atom stereocenters. The summed E-state index contributed by atoms with van der Waals surface area (Å²) in [5.41, 5.74) is -0.941. The van der Waals surface area contributed by atoms with E-state index in [-0.39, 0.29) is 16.2 Å². The number of alkyl halides is 3. The summed E-state index contributed by atoms with van der Waals surface area (Å²) in [7, 11) is -1.02. The largest absolute Gasteiger partial charge is 0.507 e. The average Bonchev–Trinajstić information content (AvgIpc) is 2.46. The zero-order chi connectivity index (χ0) is 17.4. The maximum Gasteiger partial charge on any atom is 0.416 e. The molecule has 1 aromatic carbocycles. The number of aromatic hydroxyl groups is 1. The highest BCUT2D eigenvalue weighted by Gasteiger charge is 2.31. The predicted octanol–water partition coefficient (Wildman–Crippen LogP) is 2.72. The Kier molecular flexibility index (Phi) is 4.36. The lowest BCUT2D eigenvalue weighted by Crippen LogP contribution is -2.22. The van der Waals surface area contributed by atoms with E-state index in [9.17, 15) is 26.7 Å². The fourth-order valence-electron chi connectivity index (χ4n) is 1.85. The van der Waals surface area contributed by atoms with E-state index in [1.165, 1.54) is 32.4 Å². The van der Waals surface area contributed by atoms with Crippen molar-refractivity contribution in [1.29, 1.82) is 0 Å². The number of pyridine rings is 1. The molecule has 124 valence electrons. The Morgan fingerprint density at radius 2 is 1.78 bits per heavy atom. The van der Waals surface area contributed by atoms with Gasteiger partial charge in [0.1, 0.15) is 5.75 Å². The molecule has 1 N–H and O–H groups in total. The van der Waals surface area contributed by atoms with Gasteiger partial charge < -0.3 is 5.11 Å². The lowest BCUT2D eigenvalue weighted by Gasteiger charge is -2.13. The summed E-state index contributed by atoms with van der Waals surface area (Å²) in [5.74, 6) is -0.633. The molecule has 0 unspecified atom stereocenters. The topological polar surface area (TPSA) is 70.5 Å². The van der Waals surface area contributed by atoms with Crippen molar-refractivity contribution in [3.8, 4) is 17.0 Å². The van der Waals surface area contributed by atoms with Crippen LogP contribution in [0, 0.1) is 0 Å². The quantitative estimate of drug-likeness (QED) is 0.928. The fourth-order valence-corrected chi connectivity index (χ4v) is 2.77. The van der Waals surface area contributed by atoms with Crippen LogP contribution in [-0.2, 0) is 16.2 Å². The minimum atomic E-state index is -4.58. The van der Waals surface area contributed by atoms with Crippen LogP contribution in [0.15, 0.2) is 41.4 Å². The first-order chi connectivity index (χ1) is 10.5. The van der Waals surface area contributed by atoms with Gasteiger partial charge in [-0.3, -0.25) is 4.98 Å². The summed E-state index contributed by atoms with van der Waals surface area (Å²) >= 11 is 0. The molecule has 1 heterocycles. The molecular formula is C14H13F3N2O3S. The van der Waals surface area contributed by atoms with Gasteiger partial charge in [0, 0.05) is 25.9 Å². The van der Waals surface area contributed by atoms with Crippen molar-refractivity contribution < 1.29 is 26.7 Å². The molecule has 0 radical (unpaired) electrons. The SMILES string of the molecule is CN(C)S(=O)(=O)c1ccnc(-c2ccc(C(F)(F)F)cc2O)c1. The maximum absolute atomic E-state index is 12.6. The van der Waals surface area contributed by atoms with Gasteiger partial charge in [-0.05, 0) is 30.3 Å². The predicted molar refractivity (Wildman–Crippen MR) is 77.2 cm³/mol. The second kappa shape index (κ2) is 5.82. The van der Waals surface area contributed by atoms with Crippen LogP contribution in [0.2, 0.25) is 0 Å². The molecule has 0 spiro atoms. The lowest BCUT2D eigenvalue weighted by molar-refractivity contribution is -0.137. The van der Waals surface area contributed by atoms with Gasteiger partial charge in [-0.1, -0.05) is 0 Å². The number of hydrogen-bond acceptors (Lipinski definition) is 4. The second-order valence-corrected chi connectivity index (χ2v) is 7.05. The van der Waals surface area contributed by atoms with E-state index in [1.807, 2.05) is 0 Å². The van der Waals surface area contributed by atoms with Crippen molar-refractivity contribution in [1.82, 2.24) is 9.29 Å². The number of phenolic OH excluding ortho intramolecular Hbond substituents is 1. The summed E-state index contributed by atoms with van der Waals surface area (Å²) in [4.78, 5) is 3.83. The van der Waals surface area contributed by atoms with Crippen molar-refractivity contribution in [3.05, 3.63) is 42.1 Å². The molecular weight excluding hydrogens is 333 g/mol. The third-order valence-electron chi connectivity index (χ3n) is 3.11. The van der Waals surface area contributed by atoms with E-state index in [1.54, 1.807) is 0 Å². The summed E-state index contributed by atoms with van der Waals surface area (Å²) in [6, 6.07) is 4.87. The molecule has 23 heavy (non-hydrogen) atoms. The Hall–Kier alpha value is -2.13. The van der Waals surface area contributed by atoms with E-state index in [0.29, 0.717) is 6.07 Å². The summed E-state index contributed by atoms with van der Waals surface area (Å²) in [6.45, 7) is 0. The van der Waals surface area contributed by atoms with Gasteiger partial charge in [0.05, 0.1) is 16.2 Å². The Morgan fingerprint density at radius 3 is 2.30 bits per heavy atom. The third-order valence-corrected chi connectivity index (χ3v) is 4.92. The van der Waals surface area contributed by atoms with Gasteiger partial charge in [-0.2, -0.15) is 13.2 Å². The molecule has 5 nitrogen and oxygen atoms in total. The first-order valence-electron chi connectivity index (χ1n) is 6.32. The highest BCUT2D eigenvalue weighted by molar-refractivity contribution is 7.89. The first kappa shape index (κ1) is 17.2. The number of aromatic nitrogens is 1. The molecule has 1 aromatic heterocycles. The number of hydrogen-bond donors (Lipinski definition) is 1. The molecule has 2 aromatic rings. The van der Waals surface area contributed by atoms with Gasteiger partial charge in [0.15, 0.2) is 0 Å². The number of halogens is 3. The molecule has 2 rings (SSSR count). The van der Waals surface area contributed by atoms with Crippen LogP contribution < -0.4 is 0 Å². The molecule has 0 aliphatic rings. The van der Waals surface area contributed by atoms with Crippen molar-refractivity contribution in [2.75, 3.05) is 14.1 Å². The van der Waals surface area contributed by atoms with Crippen molar-refractivity contribution in [2.24, 2.45) is 0 Å². The summed E-state index contributed by atoms with van der Waals surface area (Å²) in [6.07, 6.45) is -3.37. The summed E-state index contributed by atoms with van der Waals surface area (Å²) in [5, 5.41) is 9.81. The molecule has 0 amide bonds. The van der Waals surface area contributed by atoms with E-state index in [2.05, 4.69) is 4.98 Å². The normalized spacial score (nSPS) is 12.6. The van der Waals surface area contributed by atoms with Gasteiger partial charge in [-0.25, -0.2) is 12.7 Å². The van der Waals surface area contributed by atoms with E-state index >= 15 is 0 Å². The third kappa shape index (κ3) is 3.45. The lowest BCUT2D eigenvalue weighted by atomic mass is 10.1. The van der Waals surface area contributed by atoms with Crippen LogP contribution in [0.3, 0.4) is 0 Å². The Morgan fingerprint density at radius 1 is 1.13 bits per heavy atom. The minimum Gasteiger partial charge on any atom is -0.507 e. The standard InChI is InChI=1S/C14H13F3N2O3S/c1-19(2)23(21,22)10-5-6-18-12(8-10)11-4-3-9(7-13(11)20)14(15,16)17/h3-8,20H,1-2H3. The maximum atomic E-state index is 12.6. The highest BCUT2D eigenvalue weighted by Crippen LogP contribution is 2.36. The van der Waals surface area contributed by atoms with Gasteiger partial charge in [0.2, 0.25) is 10.0 Å². The number of sulfonamides is 1. The van der Waals surface area contributed by atoms with Crippen LogP contribution in [0.5, 0.6) is 5.75 Å². The fraction of sp³-hybridized carbons (Fsp3) is 0.214. The molecule has 0 fully saturated rings. The van der Waals surface area contributed by atoms with E-state index < -0.39 is 27.5 Å². The number of benzene rings is 1. The van der Waals surface area contributed by atoms with E-state index in [4.69, 9.17) is 0 Å². The zero-order valence-electron chi connectivity index (χ0n) is 12.2. The van der Waals surface area contributed by atoms with E-state index in [0.717, 1.165) is 16.4 Å². The molecule has 0 saturated carbocycles. The van der Waals surface area contributed by atoms with Gasteiger partial charge >= 0.3 is 6.18 Å². The van der Waals surface area contributed by atoms with Crippen LogP contribution in [0.1, 0.15) is 5.56 Å². The van der Waals surface area contributed by atoms with Crippen LogP contribution >= 0.6 is 0 Å². The number of phenols is 1. The van der Waals surface area contributed by atoms with Crippen LogP contribution in [0.25, 0.3) is 11.3 Å². The van der Waals surface area contributed by atoms with Crippen LogP contribution in [-0.4, -0.2) is 36.9 Å².